The fraction of sp³-hybridized carbons (Fsp3) is 0.231. The van der Waals surface area contributed by atoms with Gasteiger partial charge in [0.15, 0.2) is 11.6 Å². The molecule has 0 amide bonds. The van der Waals surface area contributed by atoms with Crippen LogP contribution in [0.2, 0.25) is 0 Å². The van der Waals surface area contributed by atoms with Gasteiger partial charge in [0.1, 0.15) is 11.7 Å². The Morgan fingerprint density at radius 1 is 1.56 bits per heavy atom. The Labute approximate surface area is 104 Å². The number of rotatable bonds is 4. The number of nitriles is 1. The first-order valence-corrected chi connectivity index (χ1v) is 5.57. The van der Waals surface area contributed by atoms with E-state index in [1.807, 2.05) is 0 Å². The molecule has 0 radical (unpaired) electrons. The summed E-state index contributed by atoms with van der Waals surface area (Å²) in [6.07, 6.45) is 3.19. The average molecular weight is 245 g/mol. The first kappa shape index (κ1) is 12.1. The van der Waals surface area contributed by atoms with E-state index in [1.54, 1.807) is 25.4 Å². The van der Waals surface area contributed by atoms with Crippen molar-refractivity contribution in [2.45, 2.75) is 12.8 Å². The summed E-state index contributed by atoms with van der Waals surface area (Å²) in [4.78, 5) is 6.88. The summed E-state index contributed by atoms with van der Waals surface area (Å²) < 4.78 is 18.8. The summed E-state index contributed by atoms with van der Waals surface area (Å²) >= 11 is 0. The van der Waals surface area contributed by atoms with Crippen molar-refractivity contribution in [3.8, 4) is 11.8 Å². The fourth-order valence-electron chi connectivity index (χ4n) is 1.70. The number of nitrogens with one attached hydrogen (secondary N) is 1. The second-order valence-corrected chi connectivity index (χ2v) is 3.66. The Bertz CT molecular complexity index is 560. The van der Waals surface area contributed by atoms with E-state index in [9.17, 15) is 4.39 Å². The zero-order chi connectivity index (χ0) is 13.0. The van der Waals surface area contributed by atoms with Crippen molar-refractivity contribution in [2.24, 2.45) is 0 Å². The first-order valence-electron chi connectivity index (χ1n) is 5.57. The highest BCUT2D eigenvalue weighted by Gasteiger charge is 2.17. The topological polar surface area (TPSA) is 61.7 Å². The first-order chi connectivity index (χ1) is 8.76. The van der Waals surface area contributed by atoms with Gasteiger partial charge < -0.3 is 9.72 Å². The van der Waals surface area contributed by atoms with Crippen LogP contribution in [0.15, 0.2) is 30.6 Å². The van der Waals surface area contributed by atoms with Crippen LogP contribution in [0.5, 0.6) is 5.75 Å². The highest BCUT2D eigenvalue weighted by Crippen LogP contribution is 2.26. The Hall–Kier alpha value is -2.35. The molecule has 1 aromatic carbocycles. The number of ether oxygens (including phenoxy) is 1. The molecule has 1 heterocycles. The van der Waals surface area contributed by atoms with Gasteiger partial charge >= 0.3 is 0 Å². The largest absolute Gasteiger partial charge is 0.491 e. The van der Waals surface area contributed by atoms with Crippen molar-refractivity contribution < 1.29 is 9.13 Å². The molecule has 1 unspecified atom stereocenters. The summed E-state index contributed by atoms with van der Waals surface area (Å²) in [5.74, 6) is -0.384. The summed E-state index contributed by atoms with van der Waals surface area (Å²) in [6.45, 7) is 2.18. The Balaban J connectivity index is 2.34. The smallest absolute Gasteiger partial charge is 0.165 e. The van der Waals surface area contributed by atoms with Gasteiger partial charge in [-0.25, -0.2) is 9.37 Å². The molecule has 2 rings (SSSR count). The zero-order valence-electron chi connectivity index (χ0n) is 9.85. The number of benzene rings is 1. The Morgan fingerprint density at radius 3 is 2.94 bits per heavy atom. The van der Waals surface area contributed by atoms with Crippen LogP contribution in [-0.4, -0.2) is 16.6 Å². The van der Waals surface area contributed by atoms with Gasteiger partial charge in [0.2, 0.25) is 0 Å². The Kier molecular flexibility index (Phi) is 3.58. The van der Waals surface area contributed by atoms with Gasteiger partial charge in [0.05, 0.1) is 12.7 Å². The number of aromatic nitrogens is 2. The van der Waals surface area contributed by atoms with E-state index in [4.69, 9.17) is 10.00 Å². The second kappa shape index (κ2) is 5.32. The summed E-state index contributed by atoms with van der Waals surface area (Å²) in [5, 5.41) is 9.15. The molecule has 18 heavy (non-hydrogen) atoms. The number of halogens is 1. The molecule has 0 fully saturated rings. The summed E-state index contributed by atoms with van der Waals surface area (Å²) in [7, 11) is 0. The van der Waals surface area contributed by atoms with E-state index >= 15 is 0 Å². The molecule has 1 atom stereocenters. The van der Waals surface area contributed by atoms with Gasteiger partial charge in [-0.3, -0.25) is 0 Å². The number of nitrogens with zero attached hydrogens (tertiary/aromatic N) is 2. The quantitative estimate of drug-likeness (QED) is 0.900. The normalized spacial score (nSPS) is 11.8. The standard InChI is InChI=1S/C13H12FN3O/c1-2-18-12-4-3-9(7-11(12)14)10(8-15)13-16-5-6-17-13/h3-7,10H,2H2,1H3,(H,16,17). The lowest BCUT2D eigenvalue weighted by Crippen LogP contribution is -2.02. The van der Waals surface area contributed by atoms with Crippen LogP contribution in [0, 0.1) is 17.1 Å². The van der Waals surface area contributed by atoms with Gasteiger partial charge in [-0.1, -0.05) is 6.07 Å². The summed E-state index contributed by atoms with van der Waals surface area (Å²) in [6, 6.07) is 6.61. The van der Waals surface area contributed by atoms with E-state index in [2.05, 4.69) is 16.0 Å². The molecule has 2 aromatic rings. The molecule has 4 nitrogen and oxygen atoms in total. The lowest BCUT2D eigenvalue weighted by molar-refractivity contribution is 0.321. The maximum Gasteiger partial charge on any atom is 0.165 e. The van der Waals surface area contributed by atoms with Gasteiger partial charge in [-0.15, -0.1) is 0 Å². The lowest BCUT2D eigenvalue weighted by atomic mass is 10.00. The van der Waals surface area contributed by atoms with Crippen LogP contribution >= 0.6 is 0 Å². The molecule has 92 valence electrons. The van der Waals surface area contributed by atoms with Gasteiger partial charge in [-0.2, -0.15) is 5.26 Å². The minimum absolute atomic E-state index is 0.192. The zero-order valence-corrected chi connectivity index (χ0v) is 9.85. The van der Waals surface area contributed by atoms with Crippen molar-refractivity contribution in [2.75, 3.05) is 6.61 Å². The van der Waals surface area contributed by atoms with Crippen LogP contribution in [0.4, 0.5) is 4.39 Å². The molecule has 0 aliphatic heterocycles. The molecular formula is C13H12FN3O. The molecule has 0 spiro atoms. The van der Waals surface area contributed by atoms with Crippen molar-refractivity contribution >= 4 is 0 Å². The van der Waals surface area contributed by atoms with E-state index in [-0.39, 0.29) is 5.75 Å². The summed E-state index contributed by atoms with van der Waals surface area (Å²) in [5.41, 5.74) is 0.549. The number of H-pyrrole nitrogens is 1. The number of hydrogen-bond acceptors (Lipinski definition) is 3. The monoisotopic (exact) mass is 245 g/mol. The number of imidazole rings is 1. The maximum atomic E-state index is 13.7. The highest BCUT2D eigenvalue weighted by molar-refractivity contribution is 5.37. The number of hydrogen-bond donors (Lipinski definition) is 1. The third kappa shape index (κ3) is 2.33. The molecule has 0 aliphatic rings. The van der Waals surface area contributed by atoms with Crippen LogP contribution in [0.3, 0.4) is 0 Å². The van der Waals surface area contributed by atoms with Crippen LogP contribution < -0.4 is 4.74 Å². The van der Waals surface area contributed by atoms with Crippen molar-refractivity contribution in [3.63, 3.8) is 0 Å². The van der Waals surface area contributed by atoms with E-state index in [0.717, 1.165) is 0 Å². The van der Waals surface area contributed by atoms with Gasteiger partial charge in [-0.05, 0) is 24.6 Å². The van der Waals surface area contributed by atoms with Crippen LogP contribution in [-0.2, 0) is 0 Å². The third-order valence-electron chi connectivity index (χ3n) is 2.51. The van der Waals surface area contributed by atoms with Crippen LogP contribution in [0.25, 0.3) is 0 Å². The van der Waals surface area contributed by atoms with E-state index in [0.29, 0.717) is 18.0 Å². The molecular weight excluding hydrogens is 233 g/mol. The molecule has 1 N–H and O–H groups in total. The minimum atomic E-state index is -0.606. The SMILES string of the molecule is CCOc1ccc(C(C#N)c2ncc[nH]2)cc1F. The molecule has 0 bridgehead atoms. The molecule has 1 aromatic heterocycles. The second-order valence-electron chi connectivity index (χ2n) is 3.66. The third-order valence-corrected chi connectivity index (χ3v) is 2.51. The minimum Gasteiger partial charge on any atom is -0.491 e. The number of aromatic amines is 1. The van der Waals surface area contributed by atoms with Gasteiger partial charge in [0, 0.05) is 12.4 Å². The molecule has 5 heteroatoms. The van der Waals surface area contributed by atoms with Crippen molar-refractivity contribution in [1.82, 2.24) is 9.97 Å². The molecule has 0 saturated heterocycles. The van der Waals surface area contributed by atoms with Crippen LogP contribution in [0.1, 0.15) is 24.2 Å². The average Bonchev–Trinajstić information content (AvgIpc) is 2.87. The highest BCUT2D eigenvalue weighted by atomic mass is 19.1. The Morgan fingerprint density at radius 2 is 2.39 bits per heavy atom. The van der Waals surface area contributed by atoms with Gasteiger partial charge in [0.25, 0.3) is 0 Å². The van der Waals surface area contributed by atoms with Crippen molar-refractivity contribution in [3.05, 3.63) is 47.8 Å². The lowest BCUT2D eigenvalue weighted by Gasteiger charge is -2.09. The van der Waals surface area contributed by atoms with E-state index in [1.165, 1.54) is 12.1 Å². The molecule has 0 saturated carbocycles. The maximum absolute atomic E-state index is 13.7. The predicted molar refractivity (Wildman–Crippen MR) is 63.6 cm³/mol. The predicted octanol–water partition coefficient (Wildman–Crippen LogP) is 2.60. The van der Waals surface area contributed by atoms with E-state index < -0.39 is 11.7 Å². The molecule has 0 aliphatic carbocycles. The van der Waals surface area contributed by atoms with Crippen molar-refractivity contribution in [1.29, 1.82) is 5.26 Å². The fourth-order valence-corrected chi connectivity index (χ4v) is 1.70.